The molecular weight excluding hydrogens is 298 g/mol. The maximum atomic E-state index is 12.9. The number of anilines is 1. The van der Waals surface area contributed by atoms with E-state index in [1.165, 1.54) is 12.0 Å². The predicted molar refractivity (Wildman–Crippen MR) is 79.8 cm³/mol. The number of fused-ring (bicyclic) bond motifs is 3. The van der Waals surface area contributed by atoms with E-state index in [-0.39, 0.29) is 37.4 Å². The second-order valence-corrected chi connectivity index (χ2v) is 6.51. The van der Waals surface area contributed by atoms with E-state index in [2.05, 4.69) is 0 Å². The van der Waals surface area contributed by atoms with E-state index in [4.69, 9.17) is 4.74 Å². The highest BCUT2D eigenvalue weighted by Crippen LogP contribution is 2.57. The second kappa shape index (κ2) is 4.41. The number of para-hydroxylation sites is 1. The molecule has 2 heterocycles. The lowest BCUT2D eigenvalue weighted by Crippen LogP contribution is -2.71. The lowest BCUT2D eigenvalue weighted by Gasteiger charge is -2.51. The number of carbonyl (C=O) groups is 3. The number of ether oxygens (including phenoxy) is 1. The molecule has 3 atom stereocenters. The average molecular weight is 315 g/mol. The number of nitrogens with zero attached hydrogens (tertiary/aromatic N) is 1. The molecule has 0 unspecified atom stereocenters. The van der Waals surface area contributed by atoms with Crippen molar-refractivity contribution < 1.29 is 24.2 Å². The summed E-state index contributed by atoms with van der Waals surface area (Å²) < 4.78 is 4.96. The molecule has 6 heteroatoms. The van der Waals surface area contributed by atoms with Gasteiger partial charge in [-0.3, -0.25) is 14.4 Å². The van der Waals surface area contributed by atoms with Crippen molar-refractivity contribution in [2.24, 2.45) is 0 Å². The van der Waals surface area contributed by atoms with E-state index in [9.17, 15) is 19.5 Å². The van der Waals surface area contributed by atoms with Crippen LogP contribution in [-0.2, 0) is 24.5 Å². The summed E-state index contributed by atoms with van der Waals surface area (Å²) >= 11 is 0. The molecule has 1 aliphatic carbocycles. The highest BCUT2D eigenvalue weighted by atomic mass is 16.5. The molecule has 0 radical (unpaired) electrons. The van der Waals surface area contributed by atoms with Crippen molar-refractivity contribution >= 4 is 23.3 Å². The summed E-state index contributed by atoms with van der Waals surface area (Å²) in [6.45, 7) is 0. The Kier molecular flexibility index (Phi) is 2.76. The normalized spacial score (nSPS) is 34.9. The van der Waals surface area contributed by atoms with Crippen LogP contribution in [0.15, 0.2) is 24.3 Å². The highest BCUT2D eigenvalue weighted by molar-refractivity contribution is 6.18. The summed E-state index contributed by atoms with van der Waals surface area (Å²) in [5.74, 6) is -1.16. The predicted octanol–water partition coefficient (Wildman–Crippen LogP) is 0.700. The van der Waals surface area contributed by atoms with Gasteiger partial charge in [-0.2, -0.15) is 0 Å². The van der Waals surface area contributed by atoms with Gasteiger partial charge in [0.25, 0.3) is 0 Å². The number of aliphatic hydroxyl groups is 1. The number of carbonyl (C=O) groups excluding carboxylic acids is 3. The van der Waals surface area contributed by atoms with Gasteiger partial charge >= 0.3 is 5.97 Å². The van der Waals surface area contributed by atoms with Crippen molar-refractivity contribution in [3.63, 3.8) is 0 Å². The van der Waals surface area contributed by atoms with Crippen molar-refractivity contribution in [3.8, 4) is 0 Å². The molecule has 0 spiro atoms. The molecule has 120 valence electrons. The fraction of sp³-hybridized carbons (Fsp3) is 0.471. The minimum atomic E-state index is -1.62. The van der Waals surface area contributed by atoms with Gasteiger partial charge in [0.15, 0.2) is 11.2 Å². The first kappa shape index (κ1) is 14.4. The first-order chi connectivity index (χ1) is 11.0. The van der Waals surface area contributed by atoms with Gasteiger partial charge in [0, 0.05) is 24.1 Å². The fourth-order valence-electron chi connectivity index (χ4n) is 4.59. The maximum Gasteiger partial charge on any atom is 0.326 e. The average Bonchev–Trinajstić information content (AvgIpc) is 2.89. The molecule has 23 heavy (non-hydrogen) atoms. The van der Waals surface area contributed by atoms with Crippen molar-refractivity contribution in [1.82, 2.24) is 0 Å². The molecule has 2 aliphatic heterocycles. The third-order valence-corrected chi connectivity index (χ3v) is 5.54. The molecule has 1 saturated heterocycles. The van der Waals surface area contributed by atoms with Crippen LogP contribution < -0.4 is 4.90 Å². The topological polar surface area (TPSA) is 83.9 Å². The molecule has 3 aliphatic rings. The number of Topliss-reactive ketones (excluding diaryl/α,β-unsaturated/α-hetero) is 1. The first-order valence-electron chi connectivity index (χ1n) is 7.72. The number of hydrogen-bond donors (Lipinski definition) is 1. The molecule has 0 bridgehead atoms. The summed E-state index contributed by atoms with van der Waals surface area (Å²) in [4.78, 5) is 39.6. The monoisotopic (exact) mass is 315 g/mol. The van der Waals surface area contributed by atoms with E-state index < -0.39 is 23.0 Å². The van der Waals surface area contributed by atoms with Crippen LogP contribution in [0.4, 0.5) is 5.69 Å². The number of rotatable bonds is 1. The Hall–Kier alpha value is -2.21. The quantitative estimate of drug-likeness (QED) is 0.609. The fourth-order valence-corrected chi connectivity index (χ4v) is 4.59. The van der Waals surface area contributed by atoms with Crippen LogP contribution in [0.2, 0.25) is 0 Å². The summed E-state index contributed by atoms with van der Waals surface area (Å²) in [6.07, 6.45) is 0.811. The standard InChI is InChI=1S/C17H17NO5/c1-23-15(21)17-10-4-2-3-5-11(10)18-13(20)7-9-16(22,14(17)18)8-6-12(17)19/h2-5,14,22H,6-9H2,1H3/t14-,16-,17-/m0/s1. The molecule has 6 nitrogen and oxygen atoms in total. The van der Waals surface area contributed by atoms with Crippen LogP contribution in [0.25, 0.3) is 0 Å². The number of methoxy groups -OCH3 is 1. The van der Waals surface area contributed by atoms with Gasteiger partial charge in [-0.05, 0) is 18.9 Å². The van der Waals surface area contributed by atoms with E-state index in [0.717, 1.165) is 0 Å². The molecule has 1 aromatic rings. The molecular formula is C17H17NO5. The lowest BCUT2D eigenvalue weighted by molar-refractivity contribution is -0.164. The van der Waals surface area contributed by atoms with E-state index in [0.29, 0.717) is 11.3 Å². The molecule has 0 aromatic heterocycles. The zero-order chi connectivity index (χ0) is 16.4. The molecule has 1 saturated carbocycles. The van der Waals surface area contributed by atoms with Gasteiger partial charge in [0.05, 0.1) is 18.8 Å². The van der Waals surface area contributed by atoms with Crippen molar-refractivity contribution in [2.75, 3.05) is 12.0 Å². The van der Waals surface area contributed by atoms with Gasteiger partial charge in [0.1, 0.15) is 0 Å². The Labute approximate surface area is 133 Å². The van der Waals surface area contributed by atoms with Gasteiger partial charge in [0.2, 0.25) is 5.91 Å². The zero-order valence-electron chi connectivity index (χ0n) is 12.7. The zero-order valence-corrected chi connectivity index (χ0v) is 12.7. The number of esters is 1. The summed E-state index contributed by atoms with van der Waals surface area (Å²) in [5, 5.41) is 11.1. The largest absolute Gasteiger partial charge is 0.468 e. The van der Waals surface area contributed by atoms with Gasteiger partial charge in [-0.15, -0.1) is 0 Å². The van der Waals surface area contributed by atoms with Gasteiger partial charge in [-0.1, -0.05) is 18.2 Å². The summed E-state index contributed by atoms with van der Waals surface area (Å²) in [5.41, 5.74) is -1.87. The Morgan fingerprint density at radius 1 is 1.26 bits per heavy atom. The number of amides is 1. The van der Waals surface area contributed by atoms with Crippen molar-refractivity contribution in [1.29, 1.82) is 0 Å². The van der Waals surface area contributed by atoms with Crippen LogP contribution >= 0.6 is 0 Å². The van der Waals surface area contributed by atoms with Gasteiger partial charge < -0.3 is 14.7 Å². The number of hydrogen-bond acceptors (Lipinski definition) is 5. The van der Waals surface area contributed by atoms with Gasteiger partial charge in [-0.25, -0.2) is 0 Å². The highest BCUT2D eigenvalue weighted by Gasteiger charge is 2.71. The van der Waals surface area contributed by atoms with Crippen LogP contribution in [0, 0.1) is 0 Å². The van der Waals surface area contributed by atoms with Crippen LogP contribution in [-0.4, -0.2) is 41.5 Å². The third kappa shape index (κ3) is 1.49. The Morgan fingerprint density at radius 2 is 1.96 bits per heavy atom. The molecule has 4 rings (SSSR count). The molecule has 1 amide bonds. The summed E-state index contributed by atoms with van der Waals surface area (Å²) in [7, 11) is 1.23. The van der Waals surface area contributed by atoms with E-state index in [1.807, 2.05) is 0 Å². The lowest BCUT2D eigenvalue weighted by atomic mass is 9.59. The first-order valence-corrected chi connectivity index (χ1v) is 7.72. The van der Waals surface area contributed by atoms with Crippen LogP contribution in [0.1, 0.15) is 31.2 Å². The van der Waals surface area contributed by atoms with E-state index >= 15 is 0 Å². The Balaban J connectivity index is 2.08. The minimum Gasteiger partial charge on any atom is -0.468 e. The minimum absolute atomic E-state index is 0.0957. The van der Waals surface area contributed by atoms with Crippen LogP contribution in [0.5, 0.6) is 0 Å². The second-order valence-electron chi connectivity index (χ2n) is 6.51. The van der Waals surface area contributed by atoms with Crippen LogP contribution in [0.3, 0.4) is 0 Å². The van der Waals surface area contributed by atoms with Crippen molar-refractivity contribution in [2.45, 2.75) is 42.7 Å². The Bertz CT molecular complexity index is 730. The smallest absolute Gasteiger partial charge is 0.326 e. The van der Waals surface area contributed by atoms with Crippen molar-refractivity contribution in [3.05, 3.63) is 29.8 Å². The van der Waals surface area contributed by atoms with E-state index in [1.54, 1.807) is 24.3 Å². The maximum absolute atomic E-state index is 12.9. The SMILES string of the molecule is COC(=O)[C@]12C(=O)CC[C@]3(O)CCC(=O)N(c4ccccc41)[C@@H]32. The molecule has 2 fully saturated rings. The molecule has 1 aromatic carbocycles. The number of piperidine rings is 1. The summed E-state index contributed by atoms with van der Waals surface area (Å²) in [6, 6.07) is 5.97. The number of benzene rings is 1. The Morgan fingerprint density at radius 3 is 2.70 bits per heavy atom. The number of ketones is 1. The third-order valence-electron chi connectivity index (χ3n) is 5.54. The molecule has 1 N–H and O–H groups in total.